The first-order valence-corrected chi connectivity index (χ1v) is 6.17. The fraction of sp³-hybridized carbons (Fsp3) is 0.500. The summed E-state index contributed by atoms with van der Waals surface area (Å²) in [6, 6.07) is 1.94. The molecular formula is C12H16ClN3O2. The molecule has 0 saturated carbocycles. The maximum absolute atomic E-state index is 10.8. The molecule has 1 aliphatic heterocycles. The number of carbonyl (C=O) groups is 1. The Morgan fingerprint density at radius 1 is 1.61 bits per heavy atom. The van der Waals surface area contributed by atoms with Gasteiger partial charge < -0.3 is 14.9 Å². The van der Waals surface area contributed by atoms with Gasteiger partial charge in [0.1, 0.15) is 5.82 Å². The van der Waals surface area contributed by atoms with E-state index in [1.807, 2.05) is 0 Å². The smallest absolute Gasteiger partial charge is 0.337 e. The zero-order chi connectivity index (χ0) is 13.3. The SMILES string of the molecule is CN(C)C1CCN(c2ncc(C(=O)O)cc2Cl)C1. The van der Waals surface area contributed by atoms with Crippen LogP contribution in [0.5, 0.6) is 0 Å². The fourth-order valence-electron chi connectivity index (χ4n) is 2.14. The van der Waals surface area contributed by atoms with Crippen molar-refractivity contribution in [2.24, 2.45) is 0 Å². The van der Waals surface area contributed by atoms with Gasteiger partial charge in [-0.1, -0.05) is 11.6 Å². The number of hydrogen-bond donors (Lipinski definition) is 1. The van der Waals surface area contributed by atoms with Crippen molar-refractivity contribution in [2.75, 3.05) is 32.1 Å². The lowest BCUT2D eigenvalue weighted by molar-refractivity contribution is 0.0696. The molecule has 0 bridgehead atoms. The molecule has 18 heavy (non-hydrogen) atoms. The average Bonchev–Trinajstić information content (AvgIpc) is 2.78. The minimum absolute atomic E-state index is 0.118. The molecule has 1 saturated heterocycles. The second-order valence-electron chi connectivity index (χ2n) is 4.69. The van der Waals surface area contributed by atoms with Crippen LogP contribution in [0.3, 0.4) is 0 Å². The van der Waals surface area contributed by atoms with Crippen LogP contribution in [-0.2, 0) is 0 Å². The molecule has 1 N–H and O–H groups in total. The molecule has 1 atom stereocenters. The maximum atomic E-state index is 10.8. The minimum atomic E-state index is -1.01. The van der Waals surface area contributed by atoms with E-state index in [1.165, 1.54) is 12.3 Å². The zero-order valence-corrected chi connectivity index (χ0v) is 11.2. The van der Waals surface area contributed by atoms with Crippen LogP contribution in [0.25, 0.3) is 0 Å². The van der Waals surface area contributed by atoms with Crippen LogP contribution in [0.15, 0.2) is 12.3 Å². The number of halogens is 1. The third-order valence-electron chi connectivity index (χ3n) is 3.26. The van der Waals surface area contributed by atoms with Crippen LogP contribution in [0, 0.1) is 0 Å². The third kappa shape index (κ3) is 2.57. The number of carboxylic acid groups (broad SMARTS) is 1. The Morgan fingerprint density at radius 2 is 2.33 bits per heavy atom. The summed E-state index contributed by atoms with van der Waals surface area (Å²) in [6.45, 7) is 1.76. The van der Waals surface area contributed by atoms with Crippen LogP contribution in [-0.4, -0.2) is 54.2 Å². The highest BCUT2D eigenvalue weighted by Gasteiger charge is 2.26. The lowest BCUT2D eigenvalue weighted by Crippen LogP contribution is -2.31. The van der Waals surface area contributed by atoms with Crippen LogP contribution in [0.4, 0.5) is 5.82 Å². The quantitative estimate of drug-likeness (QED) is 0.903. The number of nitrogens with zero attached hydrogens (tertiary/aromatic N) is 3. The number of hydrogen-bond acceptors (Lipinski definition) is 4. The van der Waals surface area contributed by atoms with E-state index in [-0.39, 0.29) is 5.56 Å². The van der Waals surface area contributed by atoms with Crippen molar-refractivity contribution in [3.8, 4) is 0 Å². The summed E-state index contributed by atoms with van der Waals surface area (Å²) >= 11 is 6.10. The molecule has 0 aromatic carbocycles. The van der Waals surface area contributed by atoms with Crippen LogP contribution >= 0.6 is 11.6 Å². The first kappa shape index (κ1) is 13.1. The summed E-state index contributed by atoms with van der Waals surface area (Å²) in [4.78, 5) is 19.3. The predicted octanol–water partition coefficient (Wildman–Crippen LogP) is 1.57. The monoisotopic (exact) mass is 269 g/mol. The van der Waals surface area contributed by atoms with E-state index < -0.39 is 5.97 Å². The van der Waals surface area contributed by atoms with Crippen molar-refractivity contribution in [1.29, 1.82) is 0 Å². The van der Waals surface area contributed by atoms with E-state index in [2.05, 4.69) is 28.9 Å². The van der Waals surface area contributed by atoms with Crippen molar-refractivity contribution < 1.29 is 9.90 Å². The second kappa shape index (κ2) is 5.12. The van der Waals surface area contributed by atoms with Gasteiger partial charge in [0.05, 0.1) is 10.6 Å². The molecule has 6 heteroatoms. The molecule has 1 aromatic rings. The lowest BCUT2D eigenvalue weighted by Gasteiger charge is -2.21. The summed E-state index contributed by atoms with van der Waals surface area (Å²) in [6.07, 6.45) is 2.41. The highest BCUT2D eigenvalue weighted by atomic mass is 35.5. The Kier molecular flexibility index (Phi) is 3.73. The number of aromatic carboxylic acids is 1. The van der Waals surface area contributed by atoms with Crippen molar-refractivity contribution >= 4 is 23.4 Å². The second-order valence-corrected chi connectivity index (χ2v) is 5.09. The Hall–Kier alpha value is -1.33. The van der Waals surface area contributed by atoms with Gasteiger partial charge in [-0.3, -0.25) is 0 Å². The number of carboxylic acids is 1. The topological polar surface area (TPSA) is 56.7 Å². The van der Waals surface area contributed by atoms with E-state index >= 15 is 0 Å². The summed E-state index contributed by atoms with van der Waals surface area (Å²) in [5.74, 6) is -0.338. The minimum Gasteiger partial charge on any atom is -0.478 e. The van der Waals surface area contributed by atoms with Crippen molar-refractivity contribution in [3.63, 3.8) is 0 Å². The molecule has 2 heterocycles. The molecule has 0 radical (unpaired) electrons. The molecule has 0 aliphatic carbocycles. The Morgan fingerprint density at radius 3 is 2.83 bits per heavy atom. The van der Waals surface area contributed by atoms with E-state index in [9.17, 15) is 4.79 Å². The lowest BCUT2D eigenvalue weighted by atomic mass is 10.2. The number of aromatic nitrogens is 1. The van der Waals surface area contributed by atoms with Crippen molar-refractivity contribution in [1.82, 2.24) is 9.88 Å². The van der Waals surface area contributed by atoms with E-state index in [4.69, 9.17) is 16.7 Å². The largest absolute Gasteiger partial charge is 0.478 e. The highest BCUT2D eigenvalue weighted by Crippen LogP contribution is 2.28. The van der Waals surface area contributed by atoms with Gasteiger partial charge in [-0.25, -0.2) is 9.78 Å². The van der Waals surface area contributed by atoms with Crippen molar-refractivity contribution in [2.45, 2.75) is 12.5 Å². The van der Waals surface area contributed by atoms with Gasteiger partial charge in [0.15, 0.2) is 0 Å². The van der Waals surface area contributed by atoms with Gasteiger partial charge in [0.25, 0.3) is 0 Å². The number of anilines is 1. The van der Waals surface area contributed by atoms with Gasteiger partial charge in [-0.05, 0) is 26.6 Å². The molecule has 98 valence electrons. The molecule has 1 aliphatic rings. The molecule has 1 fully saturated rings. The first-order valence-electron chi connectivity index (χ1n) is 5.79. The van der Waals surface area contributed by atoms with E-state index in [0.717, 1.165) is 19.5 Å². The van der Waals surface area contributed by atoms with Gasteiger partial charge in [-0.15, -0.1) is 0 Å². The van der Waals surface area contributed by atoms with Gasteiger partial charge in [-0.2, -0.15) is 0 Å². The van der Waals surface area contributed by atoms with Crippen LogP contribution in [0.1, 0.15) is 16.8 Å². The standard InChI is InChI=1S/C12H16ClN3O2/c1-15(2)9-3-4-16(7-9)11-10(13)5-8(6-14-11)12(17)18/h5-6,9H,3-4,7H2,1-2H3,(H,17,18). The Bertz CT molecular complexity index is 465. The molecule has 2 rings (SSSR count). The summed E-state index contributed by atoms with van der Waals surface area (Å²) in [5, 5.41) is 9.26. The summed E-state index contributed by atoms with van der Waals surface area (Å²) in [7, 11) is 4.10. The third-order valence-corrected chi connectivity index (χ3v) is 3.54. The molecule has 5 nitrogen and oxygen atoms in total. The predicted molar refractivity (Wildman–Crippen MR) is 70.5 cm³/mol. The molecule has 0 spiro atoms. The van der Waals surface area contributed by atoms with E-state index in [1.54, 1.807) is 0 Å². The Labute approximate surface area is 111 Å². The Balaban J connectivity index is 2.18. The fourth-order valence-corrected chi connectivity index (χ4v) is 2.42. The number of likely N-dealkylation sites (N-methyl/N-ethyl adjacent to an activating group) is 1. The number of rotatable bonds is 3. The van der Waals surface area contributed by atoms with Crippen LogP contribution in [0.2, 0.25) is 5.02 Å². The molecule has 1 unspecified atom stereocenters. The van der Waals surface area contributed by atoms with E-state index in [0.29, 0.717) is 16.9 Å². The van der Waals surface area contributed by atoms with Crippen molar-refractivity contribution in [3.05, 3.63) is 22.8 Å². The summed E-state index contributed by atoms with van der Waals surface area (Å²) < 4.78 is 0. The normalized spacial score (nSPS) is 19.6. The van der Waals surface area contributed by atoms with Crippen LogP contribution < -0.4 is 4.90 Å². The van der Waals surface area contributed by atoms with Gasteiger partial charge in [0, 0.05) is 25.3 Å². The molecular weight excluding hydrogens is 254 g/mol. The molecule has 0 amide bonds. The maximum Gasteiger partial charge on any atom is 0.337 e. The summed E-state index contributed by atoms with van der Waals surface area (Å²) in [5.41, 5.74) is 0.118. The average molecular weight is 270 g/mol. The number of pyridine rings is 1. The highest BCUT2D eigenvalue weighted by molar-refractivity contribution is 6.33. The first-order chi connectivity index (χ1) is 8.49. The molecule has 1 aromatic heterocycles. The van der Waals surface area contributed by atoms with Gasteiger partial charge in [0.2, 0.25) is 0 Å². The zero-order valence-electron chi connectivity index (χ0n) is 10.4. The van der Waals surface area contributed by atoms with Gasteiger partial charge >= 0.3 is 5.97 Å².